The summed E-state index contributed by atoms with van der Waals surface area (Å²) in [7, 11) is 0. The first-order valence-corrected chi connectivity index (χ1v) is 21.7. The van der Waals surface area contributed by atoms with E-state index in [0.717, 1.165) is 0 Å². The van der Waals surface area contributed by atoms with Gasteiger partial charge in [0.15, 0.2) is 0 Å². The van der Waals surface area contributed by atoms with Crippen LogP contribution >= 0.6 is 22.7 Å². The summed E-state index contributed by atoms with van der Waals surface area (Å²) in [5, 5.41) is 11.6. The Balaban J connectivity index is 1.13. The minimum absolute atomic E-state index is 0.394. The van der Waals surface area contributed by atoms with Crippen molar-refractivity contribution < 1.29 is 0 Å². The van der Waals surface area contributed by atoms with E-state index in [1.807, 2.05) is 22.7 Å². The monoisotopic (exact) mass is 808 g/mol. The second-order valence-corrected chi connectivity index (χ2v) is 20.5. The molecular weight excluding hydrogens is 788 g/mol. The Kier molecular flexibility index (Phi) is 5.20. The van der Waals surface area contributed by atoms with Crippen molar-refractivity contribution in [2.45, 2.75) is 0 Å². The van der Waals surface area contributed by atoms with Crippen molar-refractivity contribution >= 4 is 151 Å². The van der Waals surface area contributed by atoms with Crippen molar-refractivity contribution in [1.29, 1.82) is 0 Å². The summed E-state index contributed by atoms with van der Waals surface area (Å²) < 4.78 is 15.4. The number of thiophene rings is 2. The molecule has 0 saturated carbocycles. The number of benzene rings is 4. The number of hydrogen-bond donors (Lipinski definition) is 0. The zero-order valence-corrected chi connectivity index (χ0v) is 29.2. The summed E-state index contributed by atoms with van der Waals surface area (Å²) in [5.74, 6) is 0. The molecule has 10 aromatic rings. The van der Waals surface area contributed by atoms with E-state index in [4.69, 9.17) is 0 Å². The molecule has 0 bridgehead atoms. The first-order chi connectivity index (χ1) is 19.8. The molecule has 0 N–H and O–H groups in total. The molecule has 4 aromatic carbocycles. The maximum atomic E-state index is 2.52. The Morgan fingerprint density at radius 1 is 0.450 bits per heavy atom. The Bertz CT molecular complexity index is 2430. The molecular formula is C34H16S2Se4. The van der Waals surface area contributed by atoms with Crippen LogP contribution in [0.15, 0.2) is 94.8 Å². The third-order valence-corrected chi connectivity index (χ3v) is 20.7. The zero-order valence-electron chi connectivity index (χ0n) is 20.7. The van der Waals surface area contributed by atoms with Gasteiger partial charge >= 0.3 is 264 Å². The Labute approximate surface area is 261 Å². The van der Waals surface area contributed by atoms with Gasteiger partial charge in [-0.3, -0.25) is 0 Å². The molecule has 0 aliphatic rings. The molecule has 0 aliphatic heterocycles. The summed E-state index contributed by atoms with van der Waals surface area (Å²) in [6.45, 7) is 0. The average Bonchev–Trinajstić information content (AvgIpc) is 3.80. The van der Waals surface area contributed by atoms with Crippen molar-refractivity contribution in [3.8, 4) is 17.7 Å². The van der Waals surface area contributed by atoms with E-state index in [9.17, 15) is 0 Å². The van der Waals surface area contributed by atoms with Crippen molar-refractivity contribution in [1.82, 2.24) is 0 Å². The van der Waals surface area contributed by atoms with Crippen LogP contribution in [-0.4, -0.2) is 58.0 Å². The fourth-order valence-corrected chi connectivity index (χ4v) is 19.2. The summed E-state index contributed by atoms with van der Waals surface area (Å²) in [4.78, 5) is 4.91. The summed E-state index contributed by atoms with van der Waals surface area (Å²) >= 11 is 5.71. The second kappa shape index (κ2) is 8.80. The second-order valence-electron chi connectivity index (χ2n) is 10.2. The summed E-state index contributed by atoms with van der Waals surface area (Å²) in [6, 6.07) is 33.0. The number of fused-ring (bicyclic) bond motifs is 9. The third-order valence-electron chi connectivity index (χ3n) is 7.82. The predicted molar refractivity (Wildman–Crippen MR) is 183 cm³/mol. The van der Waals surface area contributed by atoms with E-state index < -0.39 is 0 Å². The van der Waals surface area contributed by atoms with E-state index in [1.54, 1.807) is 26.3 Å². The predicted octanol–water partition coefficient (Wildman–Crippen LogP) is 9.44. The quantitative estimate of drug-likeness (QED) is 0.153. The minimum atomic E-state index is 0.394. The Morgan fingerprint density at radius 3 is 1.43 bits per heavy atom. The van der Waals surface area contributed by atoms with Crippen LogP contribution in [0.1, 0.15) is 0 Å². The molecule has 40 heavy (non-hydrogen) atoms. The van der Waals surface area contributed by atoms with Crippen molar-refractivity contribution in [2.24, 2.45) is 0 Å². The average molecular weight is 804 g/mol. The van der Waals surface area contributed by atoms with E-state index in [-0.39, 0.29) is 0 Å². The van der Waals surface area contributed by atoms with Gasteiger partial charge in [0.1, 0.15) is 0 Å². The Hall–Kier alpha value is -1.90. The topological polar surface area (TPSA) is 0 Å². The molecule has 10 rings (SSSR count). The van der Waals surface area contributed by atoms with E-state index in [2.05, 4.69) is 94.8 Å². The van der Waals surface area contributed by atoms with Gasteiger partial charge in [-0.15, -0.1) is 0 Å². The normalized spacial score (nSPS) is 12.5. The van der Waals surface area contributed by atoms with Crippen LogP contribution in [0.2, 0.25) is 0 Å². The third kappa shape index (κ3) is 3.42. The maximum absolute atomic E-state index is 2.52. The molecule has 0 atom stereocenters. The Morgan fingerprint density at radius 2 is 0.925 bits per heavy atom. The zero-order chi connectivity index (χ0) is 25.9. The standard InChI is InChI=1S/C34H16S2Se4/c1-3-7-21-17(5-1)15-37-33(21)29-11-19-9-23-25(13-27(19)39-29)35-32-24-10-20-12-30(40-28(20)14-26(24)36-31(23)32)34-22-8-4-2-6-18(22)16-38-34/h1-16H. The van der Waals surface area contributed by atoms with Crippen LogP contribution in [0.25, 0.3) is 88.2 Å². The van der Waals surface area contributed by atoms with Gasteiger partial charge in [0.25, 0.3) is 0 Å². The molecule has 0 nitrogen and oxygen atoms in total. The van der Waals surface area contributed by atoms with Gasteiger partial charge < -0.3 is 0 Å². The van der Waals surface area contributed by atoms with Gasteiger partial charge in [-0.1, -0.05) is 0 Å². The molecule has 0 amide bonds. The molecule has 0 fully saturated rings. The van der Waals surface area contributed by atoms with Crippen molar-refractivity contribution in [3.63, 3.8) is 0 Å². The molecule has 188 valence electrons. The van der Waals surface area contributed by atoms with Crippen LogP contribution < -0.4 is 0 Å². The van der Waals surface area contributed by atoms with Crippen LogP contribution in [-0.2, 0) is 0 Å². The molecule has 6 aromatic heterocycles. The fourth-order valence-electron chi connectivity index (χ4n) is 5.92. The first kappa shape index (κ1) is 23.6. The van der Waals surface area contributed by atoms with Gasteiger partial charge in [0.05, 0.1) is 0 Å². The molecule has 0 spiro atoms. The van der Waals surface area contributed by atoms with Crippen molar-refractivity contribution in [2.75, 3.05) is 0 Å². The first-order valence-electron chi connectivity index (χ1n) is 13.0. The van der Waals surface area contributed by atoms with Crippen LogP contribution in [0.4, 0.5) is 0 Å². The van der Waals surface area contributed by atoms with E-state index in [0.29, 0.717) is 58.0 Å². The van der Waals surface area contributed by atoms with E-state index >= 15 is 0 Å². The van der Waals surface area contributed by atoms with Gasteiger partial charge in [-0.05, 0) is 0 Å². The van der Waals surface area contributed by atoms with E-state index in [1.165, 1.54) is 61.9 Å². The molecule has 0 saturated heterocycles. The molecule has 0 aliphatic carbocycles. The van der Waals surface area contributed by atoms with Gasteiger partial charge in [0.2, 0.25) is 0 Å². The summed E-state index contributed by atoms with van der Waals surface area (Å²) in [6.07, 6.45) is 0. The molecule has 6 heterocycles. The fraction of sp³-hybridized carbons (Fsp3) is 0. The van der Waals surface area contributed by atoms with Crippen molar-refractivity contribution in [3.05, 3.63) is 94.8 Å². The van der Waals surface area contributed by atoms with Crippen LogP contribution in [0, 0.1) is 0 Å². The van der Waals surface area contributed by atoms with Gasteiger partial charge in [-0.2, -0.15) is 0 Å². The number of hydrogen-bond acceptors (Lipinski definition) is 2. The SMILES string of the molecule is c1ccc2c(-c3cc4cc5c(cc4[se]3)sc3c4cc6cc(-c7[se]cc8ccccc78)[se]c6cc4sc53)[se]cc2c1. The summed E-state index contributed by atoms with van der Waals surface area (Å²) in [5.41, 5.74) is 0. The molecule has 0 radical (unpaired) electrons. The van der Waals surface area contributed by atoms with Crippen LogP contribution in [0.3, 0.4) is 0 Å². The molecule has 0 unspecified atom stereocenters. The number of rotatable bonds is 2. The molecule has 6 heteroatoms. The van der Waals surface area contributed by atoms with Gasteiger partial charge in [-0.25, -0.2) is 0 Å². The van der Waals surface area contributed by atoms with Gasteiger partial charge in [0, 0.05) is 0 Å². The van der Waals surface area contributed by atoms with Crippen LogP contribution in [0.5, 0.6) is 0 Å².